The summed E-state index contributed by atoms with van der Waals surface area (Å²) in [4.78, 5) is 1.35. The second kappa shape index (κ2) is 9.73. The van der Waals surface area contributed by atoms with Gasteiger partial charge in [0.25, 0.3) is 0 Å². The summed E-state index contributed by atoms with van der Waals surface area (Å²) in [7, 11) is 0. The molecule has 2 nitrogen and oxygen atoms in total. The smallest absolute Gasteiger partial charge is 0.103 e. The summed E-state index contributed by atoms with van der Waals surface area (Å²) in [6.07, 6.45) is 0. The van der Waals surface area contributed by atoms with Crippen LogP contribution in [-0.2, 0) is 0 Å². The van der Waals surface area contributed by atoms with E-state index in [1.807, 2.05) is 23.1 Å². The minimum absolute atomic E-state index is 0.161. The minimum Gasteiger partial charge on any atom is -0.368 e. The van der Waals surface area contributed by atoms with E-state index in [0.29, 0.717) is 0 Å². The van der Waals surface area contributed by atoms with Crippen molar-refractivity contribution in [2.45, 2.75) is 10.3 Å². The van der Waals surface area contributed by atoms with Gasteiger partial charge in [-0.25, -0.2) is 0 Å². The van der Waals surface area contributed by atoms with E-state index in [1.165, 1.54) is 85.7 Å². The van der Waals surface area contributed by atoms with Gasteiger partial charge in [-0.1, -0.05) is 103 Å². The second-order valence-corrected chi connectivity index (χ2v) is 14.0. The summed E-state index contributed by atoms with van der Waals surface area (Å²) in [5.74, 6) is 0. The Morgan fingerprint density at radius 3 is 2.16 bits per heavy atom. The number of rotatable bonds is 3. The van der Waals surface area contributed by atoms with Gasteiger partial charge in [-0.3, -0.25) is 0 Å². The molecule has 3 heterocycles. The zero-order valence-electron chi connectivity index (χ0n) is 24.2. The summed E-state index contributed by atoms with van der Waals surface area (Å²) < 4.78 is 5.10. The Balaban J connectivity index is 1.04. The van der Waals surface area contributed by atoms with Crippen molar-refractivity contribution in [3.8, 4) is 16.8 Å². The summed E-state index contributed by atoms with van der Waals surface area (Å²) >= 11 is 3.83. The van der Waals surface area contributed by atoms with Crippen LogP contribution >= 0.6 is 23.1 Å². The molecule has 0 spiro atoms. The number of thiophene rings is 1. The van der Waals surface area contributed by atoms with Crippen LogP contribution in [-0.4, -0.2) is 4.57 Å². The van der Waals surface area contributed by atoms with E-state index in [-0.39, 0.29) is 5.37 Å². The number of nitrogens with one attached hydrogen (secondary N) is 1. The molecule has 1 aliphatic rings. The van der Waals surface area contributed by atoms with E-state index in [2.05, 4.69) is 155 Å². The van der Waals surface area contributed by atoms with Gasteiger partial charge in [0.15, 0.2) is 0 Å². The van der Waals surface area contributed by atoms with Gasteiger partial charge in [0, 0.05) is 47.2 Å². The Morgan fingerprint density at radius 2 is 1.29 bits per heavy atom. The molecule has 1 unspecified atom stereocenters. The van der Waals surface area contributed by atoms with E-state index >= 15 is 0 Å². The monoisotopic (exact) mass is 610 g/mol. The molecule has 1 atom stereocenters. The van der Waals surface area contributed by atoms with Crippen LogP contribution < -0.4 is 5.32 Å². The lowest BCUT2D eigenvalue weighted by atomic mass is 10.0. The van der Waals surface area contributed by atoms with Crippen LogP contribution in [0.25, 0.3) is 69.6 Å². The van der Waals surface area contributed by atoms with E-state index in [9.17, 15) is 0 Å². The van der Waals surface area contributed by atoms with Crippen molar-refractivity contribution in [1.82, 2.24) is 4.57 Å². The SMILES string of the molecule is c1ccc(-c2ccc3sc4ccc5c(c4c3c2)SC(c2ccc(-n3c4ccccc4c4cc6ccccc6cc43)cc2)N5)cc1. The Hall–Kier alpha value is -5.03. The summed E-state index contributed by atoms with van der Waals surface area (Å²) in [5, 5.41) is 11.8. The molecular formula is C41H26N2S2. The van der Waals surface area contributed by atoms with Gasteiger partial charge >= 0.3 is 0 Å². The maximum atomic E-state index is 3.84. The Kier molecular flexibility index (Phi) is 5.48. The molecule has 4 heteroatoms. The lowest BCUT2D eigenvalue weighted by Crippen LogP contribution is -2.01. The number of aromatic nitrogens is 1. The maximum absolute atomic E-state index is 3.84. The molecule has 0 saturated heterocycles. The number of benzene rings is 7. The lowest BCUT2D eigenvalue weighted by molar-refractivity contribution is 1.12. The Labute approximate surface area is 268 Å². The van der Waals surface area contributed by atoms with E-state index in [4.69, 9.17) is 0 Å². The fourth-order valence-corrected chi connectivity index (χ4v) is 9.52. The molecule has 45 heavy (non-hydrogen) atoms. The van der Waals surface area contributed by atoms with Crippen molar-refractivity contribution in [2.75, 3.05) is 5.32 Å². The highest BCUT2D eigenvalue weighted by atomic mass is 32.2. The van der Waals surface area contributed by atoms with Crippen LogP contribution in [0.4, 0.5) is 5.69 Å². The minimum atomic E-state index is 0.161. The average Bonchev–Trinajstić information content (AvgIpc) is 3.79. The molecule has 1 N–H and O–H groups in total. The van der Waals surface area contributed by atoms with Crippen molar-refractivity contribution in [3.63, 3.8) is 0 Å². The van der Waals surface area contributed by atoms with Gasteiger partial charge in [0.1, 0.15) is 5.37 Å². The fraction of sp³-hybridized carbons (Fsp3) is 0.0244. The molecule has 0 radical (unpaired) electrons. The Bertz CT molecular complexity index is 2590. The number of nitrogens with zero attached hydrogens (tertiary/aromatic N) is 1. The number of hydrogen-bond acceptors (Lipinski definition) is 3. The van der Waals surface area contributed by atoms with Crippen LogP contribution in [0.2, 0.25) is 0 Å². The standard InChI is InChI=1S/C41H26N2S2/c1-2-8-25(9-3-1)29-16-20-37-33(23-29)39-38(44-37)21-19-34-40(39)45-41(42-34)26-14-17-30(18-15-26)43-35-13-7-6-12-31(35)32-22-27-10-4-5-11-28(27)24-36(32)43/h1-24,41-42H. The van der Waals surface area contributed by atoms with Gasteiger partial charge in [-0.15, -0.1) is 11.3 Å². The van der Waals surface area contributed by atoms with Gasteiger partial charge in [0.2, 0.25) is 0 Å². The van der Waals surface area contributed by atoms with Crippen molar-refractivity contribution in [3.05, 3.63) is 151 Å². The first-order chi connectivity index (χ1) is 22.3. The molecule has 2 aromatic heterocycles. The van der Waals surface area contributed by atoms with E-state index in [1.54, 1.807) is 0 Å². The van der Waals surface area contributed by atoms with Crippen molar-refractivity contribution in [2.24, 2.45) is 0 Å². The molecule has 0 saturated carbocycles. The first-order valence-corrected chi connectivity index (χ1v) is 17.0. The molecule has 0 aliphatic carbocycles. The zero-order chi connectivity index (χ0) is 29.5. The number of anilines is 1. The molecule has 212 valence electrons. The third kappa shape index (κ3) is 3.89. The first kappa shape index (κ1) is 25.3. The highest BCUT2D eigenvalue weighted by molar-refractivity contribution is 8.00. The molecule has 0 amide bonds. The van der Waals surface area contributed by atoms with Gasteiger partial charge in [-0.05, 0) is 82.1 Å². The van der Waals surface area contributed by atoms with Crippen LogP contribution in [0.3, 0.4) is 0 Å². The highest BCUT2D eigenvalue weighted by Crippen LogP contribution is 2.53. The highest BCUT2D eigenvalue weighted by Gasteiger charge is 2.27. The molecule has 10 rings (SSSR count). The quantitative estimate of drug-likeness (QED) is 0.214. The summed E-state index contributed by atoms with van der Waals surface area (Å²) in [5.41, 5.74) is 8.68. The molecule has 7 aromatic carbocycles. The molecule has 9 aromatic rings. The second-order valence-electron chi connectivity index (χ2n) is 11.8. The number of thioether (sulfide) groups is 1. The van der Waals surface area contributed by atoms with Crippen LogP contribution in [0, 0.1) is 0 Å². The topological polar surface area (TPSA) is 17.0 Å². The third-order valence-corrected chi connectivity index (χ3v) is 11.6. The van der Waals surface area contributed by atoms with Crippen LogP contribution in [0.1, 0.15) is 10.9 Å². The predicted octanol–water partition coefficient (Wildman–Crippen LogP) is 12.2. The third-order valence-electron chi connectivity index (χ3n) is 9.21. The number of para-hydroxylation sites is 1. The van der Waals surface area contributed by atoms with E-state index in [0.717, 1.165) is 0 Å². The lowest BCUT2D eigenvalue weighted by Gasteiger charge is -2.13. The van der Waals surface area contributed by atoms with Crippen LogP contribution in [0.5, 0.6) is 0 Å². The van der Waals surface area contributed by atoms with Crippen molar-refractivity contribution in [1.29, 1.82) is 0 Å². The van der Waals surface area contributed by atoms with Gasteiger partial charge in [-0.2, -0.15) is 0 Å². The van der Waals surface area contributed by atoms with Gasteiger partial charge in [0.05, 0.1) is 11.0 Å². The fourth-order valence-electron chi connectivity index (χ4n) is 7.06. The summed E-state index contributed by atoms with van der Waals surface area (Å²) in [6.45, 7) is 0. The maximum Gasteiger partial charge on any atom is 0.103 e. The number of hydrogen-bond donors (Lipinski definition) is 1. The molecule has 0 bridgehead atoms. The van der Waals surface area contributed by atoms with Crippen LogP contribution in [0.15, 0.2) is 150 Å². The van der Waals surface area contributed by atoms with E-state index < -0.39 is 0 Å². The Morgan fingerprint density at radius 1 is 0.533 bits per heavy atom. The first-order valence-electron chi connectivity index (χ1n) is 15.3. The normalized spacial score (nSPS) is 14.5. The van der Waals surface area contributed by atoms with Crippen molar-refractivity contribution < 1.29 is 0 Å². The summed E-state index contributed by atoms with van der Waals surface area (Å²) in [6, 6.07) is 53.4. The molecule has 1 aliphatic heterocycles. The number of fused-ring (bicyclic) bond motifs is 9. The molecule has 0 fully saturated rings. The predicted molar refractivity (Wildman–Crippen MR) is 195 cm³/mol. The largest absolute Gasteiger partial charge is 0.368 e. The molecular weight excluding hydrogens is 585 g/mol. The average molecular weight is 611 g/mol. The zero-order valence-corrected chi connectivity index (χ0v) is 25.8. The van der Waals surface area contributed by atoms with Crippen molar-refractivity contribution >= 4 is 81.5 Å². The van der Waals surface area contributed by atoms with Gasteiger partial charge < -0.3 is 9.88 Å².